The second kappa shape index (κ2) is 9.71. The van der Waals surface area contributed by atoms with Crippen LogP contribution in [0.5, 0.6) is 0 Å². The molecule has 2 aromatic rings. The fourth-order valence-corrected chi connectivity index (χ4v) is 3.65. The predicted octanol–water partition coefficient (Wildman–Crippen LogP) is 2.73. The normalized spacial score (nSPS) is 16.0. The van der Waals surface area contributed by atoms with Gasteiger partial charge in [-0.25, -0.2) is 4.79 Å². The van der Waals surface area contributed by atoms with Gasteiger partial charge in [0.1, 0.15) is 0 Å². The SMILES string of the molecule is Cc1cc(C(=O)COC(=O)c2ccccc2NCCO)c(C)n1C[C@@H]1CCCO1. The highest BCUT2D eigenvalue weighted by molar-refractivity contribution is 6.01. The maximum Gasteiger partial charge on any atom is 0.340 e. The third kappa shape index (κ3) is 5.05. The number of benzene rings is 1. The highest BCUT2D eigenvalue weighted by Gasteiger charge is 2.22. The number of nitrogens with zero attached hydrogens (tertiary/aromatic N) is 1. The van der Waals surface area contributed by atoms with Crippen molar-refractivity contribution in [1.29, 1.82) is 0 Å². The van der Waals surface area contributed by atoms with Gasteiger partial charge in [0, 0.05) is 42.3 Å². The first-order valence-electron chi connectivity index (χ1n) is 9.93. The minimum Gasteiger partial charge on any atom is -0.454 e. The molecule has 0 aliphatic carbocycles. The summed E-state index contributed by atoms with van der Waals surface area (Å²) in [4.78, 5) is 25.1. The van der Waals surface area contributed by atoms with E-state index in [2.05, 4.69) is 9.88 Å². The number of aliphatic hydroxyl groups is 1. The number of hydrogen-bond donors (Lipinski definition) is 2. The molecule has 156 valence electrons. The van der Waals surface area contributed by atoms with E-state index in [9.17, 15) is 9.59 Å². The number of esters is 1. The number of rotatable bonds is 9. The summed E-state index contributed by atoms with van der Waals surface area (Å²) in [6.45, 7) is 5.34. The number of aromatic nitrogens is 1. The molecule has 2 N–H and O–H groups in total. The van der Waals surface area contributed by atoms with E-state index in [4.69, 9.17) is 14.6 Å². The van der Waals surface area contributed by atoms with E-state index in [1.165, 1.54) is 0 Å². The quantitative estimate of drug-likeness (QED) is 0.497. The number of aliphatic hydroxyl groups excluding tert-OH is 1. The third-order valence-electron chi connectivity index (χ3n) is 5.19. The summed E-state index contributed by atoms with van der Waals surface area (Å²) in [6.07, 6.45) is 2.28. The molecule has 1 fully saturated rings. The molecule has 1 aromatic heterocycles. The van der Waals surface area contributed by atoms with E-state index in [-0.39, 0.29) is 25.1 Å². The van der Waals surface area contributed by atoms with Crippen molar-refractivity contribution >= 4 is 17.4 Å². The number of anilines is 1. The molecule has 1 aliphatic rings. The first-order valence-corrected chi connectivity index (χ1v) is 9.93. The Bertz CT molecular complexity index is 868. The zero-order chi connectivity index (χ0) is 20.8. The minimum absolute atomic E-state index is 0.0522. The predicted molar refractivity (Wildman–Crippen MR) is 110 cm³/mol. The van der Waals surface area contributed by atoms with Gasteiger partial charge in [-0.2, -0.15) is 0 Å². The van der Waals surface area contributed by atoms with Crippen molar-refractivity contribution in [1.82, 2.24) is 4.57 Å². The van der Waals surface area contributed by atoms with Gasteiger partial charge in [0.2, 0.25) is 5.78 Å². The van der Waals surface area contributed by atoms with Crippen LogP contribution in [0.2, 0.25) is 0 Å². The Balaban J connectivity index is 1.64. The van der Waals surface area contributed by atoms with Crippen molar-refractivity contribution in [2.75, 3.05) is 31.7 Å². The topological polar surface area (TPSA) is 89.8 Å². The number of ether oxygens (including phenoxy) is 2. The molecule has 0 saturated carbocycles. The van der Waals surface area contributed by atoms with Crippen LogP contribution in [0.3, 0.4) is 0 Å². The maximum absolute atomic E-state index is 12.7. The Morgan fingerprint density at radius 2 is 2.07 bits per heavy atom. The second-order valence-corrected chi connectivity index (χ2v) is 7.23. The van der Waals surface area contributed by atoms with E-state index in [1.807, 2.05) is 19.9 Å². The van der Waals surface area contributed by atoms with Gasteiger partial charge in [-0.3, -0.25) is 4.79 Å². The van der Waals surface area contributed by atoms with Crippen molar-refractivity contribution in [2.24, 2.45) is 0 Å². The first kappa shape index (κ1) is 21.1. The van der Waals surface area contributed by atoms with E-state index in [0.29, 0.717) is 23.4 Å². The van der Waals surface area contributed by atoms with Crippen LogP contribution in [-0.2, 0) is 16.0 Å². The van der Waals surface area contributed by atoms with Crippen LogP contribution in [-0.4, -0.2) is 53.9 Å². The van der Waals surface area contributed by atoms with Gasteiger partial charge < -0.3 is 24.5 Å². The summed E-state index contributed by atoms with van der Waals surface area (Å²) < 4.78 is 13.1. The van der Waals surface area contributed by atoms with Crippen molar-refractivity contribution in [3.8, 4) is 0 Å². The average Bonchev–Trinajstić information content (AvgIpc) is 3.34. The van der Waals surface area contributed by atoms with Gasteiger partial charge in [-0.1, -0.05) is 12.1 Å². The molecule has 29 heavy (non-hydrogen) atoms. The maximum atomic E-state index is 12.7. The third-order valence-corrected chi connectivity index (χ3v) is 5.19. The van der Waals surface area contributed by atoms with Gasteiger partial charge in [0.15, 0.2) is 6.61 Å². The number of para-hydroxylation sites is 1. The first-order chi connectivity index (χ1) is 14.0. The van der Waals surface area contributed by atoms with E-state index in [0.717, 1.165) is 37.4 Å². The molecule has 1 atom stereocenters. The lowest BCUT2D eigenvalue weighted by Gasteiger charge is -2.15. The molecule has 7 nitrogen and oxygen atoms in total. The molecule has 0 amide bonds. The average molecular weight is 400 g/mol. The summed E-state index contributed by atoms with van der Waals surface area (Å²) in [5.74, 6) is -0.807. The van der Waals surface area contributed by atoms with Crippen LogP contribution < -0.4 is 5.32 Å². The highest BCUT2D eigenvalue weighted by Crippen LogP contribution is 2.21. The summed E-state index contributed by atoms with van der Waals surface area (Å²) >= 11 is 0. The Morgan fingerprint density at radius 3 is 2.79 bits per heavy atom. The molecular formula is C22H28N2O5. The smallest absolute Gasteiger partial charge is 0.340 e. The molecule has 1 aliphatic heterocycles. The standard InChI is InChI=1S/C22H28N2O5/c1-15-12-19(16(2)24(15)13-17-6-5-11-28-17)21(26)14-29-22(27)18-7-3-4-8-20(18)23-9-10-25/h3-4,7-8,12,17,23,25H,5-6,9-11,13-14H2,1-2H3/t17-/m0/s1. The number of ketones is 1. The Kier molecular flexibility index (Phi) is 7.06. The summed E-state index contributed by atoms with van der Waals surface area (Å²) in [5, 5.41) is 11.9. The molecule has 1 saturated heterocycles. The van der Waals surface area contributed by atoms with Gasteiger partial charge in [0.25, 0.3) is 0 Å². The van der Waals surface area contributed by atoms with Gasteiger partial charge in [-0.15, -0.1) is 0 Å². The zero-order valence-electron chi connectivity index (χ0n) is 16.9. The fraction of sp³-hybridized carbons (Fsp3) is 0.455. The summed E-state index contributed by atoms with van der Waals surface area (Å²) in [5.41, 5.74) is 3.32. The molecule has 1 aromatic carbocycles. The number of hydrogen-bond acceptors (Lipinski definition) is 6. The molecule has 0 bridgehead atoms. The largest absolute Gasteiger partial charge is 0.454 e. The van der Waals surface area contributed by atoms with Crippen molar-refractivity contribution in [3.05, 3.63) is 52.8 Å². The van der Waals surface area contributed by atoms with E-state index < -0.39 is 5.97 Å². The van der Waals surface area contributed by atoms with Crippen molar-refractivity contribution in [3.63, 3.8) is 0 Å². The molecule has 2 heterocycles. The van der Waals surface area contributed by atoms with Crippen molar-refractivity contribution < 1.29 is 24.2 Å². The summed E-state index contributed by atoms with van der Waals surface area (Å²) in [7, 11) is 0. The van der Waals surface area contributed by atoms with Crippen LogP contribution in [0.1, 0.15) is 44.9 Å². The van der Waals surface area contributed by atoms with Crippen LogP contribution in [0.4, 0.5) is 5.69 Å². The fourth-order valence-electron chi connectivity index (χ4n) is 3.65. The highest BCUT2D eigenvalue weighted by atomic mass is 16.5. The van der Waals surface area contributed by atoms with Crippen molar-refractivity contribution in [2.45, 2.75) is 39.3 Å². The number of aryl methyl sites for hydroxylation is 1. The van der Waals surface area contributed by atoms with Crippen LogP contribution in [0.15, 0.2) is 30.3 Å². The Hall–Kier alpha value is -2.64. The summed E-state index contributed by atoms with van der Waals surface area (Å²) in [6, 6.07) is 8.70. The lowest BCUT2D eigenvalue weighted by molar-refractivity contribution is 0.0475. The van der Waals surface area contributed by atoms with Gasteiger partial charge >= 0.3 is 5.97 Å². The van der Waals surface area contributed by atoms with E-state index in [1.54, 1.807) is 24.3 Å². The lowest BCUT2D eigenvalue weighted by Crippen LogP contribution is -2.19. The number of carbonyl (C=O) groups is 2. The molecule has 3 rings (SSSR count). The molecule has 0 unspecified atom stereocenters. The van der Waals surface area contributed by atoms with Crippen LogP contribution >= 0.6 is 0 Å². The molecular weight excluding hydrogens is 372 g/mol. The Labute approximate surface area is 170 Å². The van der Waals surface area contributed by atoms with Crippen LogP contribution in [0.25, 0.3) is 0 Å². The van der Waals surface area contributed by atoms with Crippen LogP contribution in [0, 0.1) is 13.8 Å². The monoisotopic (exact) mass is 400 g/mol. The van der Waals surface area contributed by atoms with E-state index >= 15 is 0 Å². The lowest BCUT2D eigenvalue weighted by atomic mass is 10.1. The zero-order valence-corrected chi connectivity index (χ0v) is 16.9. The Morgan fingerprint density at radius 1 is 1.28 bits per heavy atom. The number of nitrogens with one attached hydrogen (secondary N) is 1. The van der Waals surface area contributed by atoms with Gasteiger partial charge in [-0.05, 0) is 44.9 Å². The molecule has 7 heteroatoms. The molecule has 0 spiro atoms. The molecule has 0 radical (unpaired) electrons. The minimum atomic E-state index is -0.576. The number of carbonyl (C=O) groups excluding carboxylic acids is 2. The number of Topliss-reactive ketones (excluding diaryl/α,β-unsaturated/α-hetero) is 1. The second-order valence-electron chi connectivity index (χ2n) is 7.23. The van der Waals surface area contributed by atoms with Gasteiger partial charge in [0.05, 0.1) is 18.3 Å².